The van der Waals surface area contributed by atoms with Crippen molar-refractivity contribution >= 4 is 34.4 Å². The number of hydrogen-bond acceptors (Lipinski definition) is 5. The minimum atomic E-state index is -0.699. The number of ether oxygens (including phenoxy) is 1. The lowest BCUT2D eigenvalue weighted by Gasteiger charge is -2.12. The number of rotatable bonds is 8. The minimum Gasteiger partial charge on any atom is -0.481 e. The zero-order valence-corrected chi connectivity index (χ0v) is 17.1. The van der Waals surface area contributed by atoms with Crippen LogP contribution in [-0.4, -0.2) is 52.4 Å². The lowest BCUT2D eigenvalue weighted by Crippen LogP contribution is -2.33. The molecule has 9 nitrogen and oxygen atoms in total. The van der Waals surface area contributed by atoms with Gasteiger partial charge in [0.1, 0.15) is 6.04 Å². The maximum atomic E-state index is 12.7. The number of pyridine rings is 1. The first-order chi connectivity index (χ1) is 15.0. The topological polar surface area (TPSA) is 116 Å². The molecule has 0 radical (unpaired) electrons. The molecule has 0 spiro atoms. The van der Waals surface area contributed by atoms with E-state index in [0.29, 0.717) is 18.0 Å². The fourth-order valence-electron chi connectivity index (χ4n) is 3.63. The Morgan fingerprint density at radius 3 is 2.84 bits per heavy atom. The lowest BCUT2D eigenvalue weighted by molar-refractivity contribution is -0.127. The van der Waals surface area contributed by atoms with Crippen LogP contribution in [0.25, 0.3) is 10.9 Å². The summed E-state index contributed by atoms with van der Waals surface area (Å²) in [6, 6.07) is 10.1. The van der Waals surface area contributed by atoms with Gasteiger partial charge in [0.25, 0.3) is 5.91 Å². The summed E-state index contributed by atoms with van der Waals surface area (Å²) in [5, 5.41) is 6.47. The number of H-pyrrole nitrogens is 1. The zero-order valence-electron chi connectivity index (χ0n) is 17.1. The Morgan fingerprint density at radius 1 is 1.23 bits per heavy atom. The summed E-state index contributed by atoms with van der Waals surface area (Å²) >= 11 is 0. The van der Waals surface area contributed by atoms with Crippen molar-refractivity contribution in [3.05, 3.63) is 54.4 Å². The van der Waals surface area contributed by atoms with Crippen molar-refractivity contribution in [3.8, 4) is 5.88 Å². The van der Waals surface area contributed by atoms with Gasteiger partial charge in [-0.1, -0.05) is 18.2 Å². The average Bonchev–Trinajstić information content (AvgIpc) is 3.31. The van der Waals surface area contributed by atoms with E-state index in [0.717, 1.165) is 16.5 Å². The van der Waals surface area contributed by atoms with Crippen molar-refractivity contribution < 1.29 is 19.1 Å². The number of nitrogens with one attached hydrogen (secondary N) is 3. The second kappa shape index (κ2) is 8.86. The fraction of sp³-hybridized carbons (Fsp3) is 0.273. The van der Waals surface area contributed by atoms with Crippen molar-refractivity contribution in [1.29, 1.82) is 0 Å². The summed E-state index contributed by atoms with van der Waals surface area (Å²) in [6.45, 7) is 0.284. The summed E-state index contributed by atoms with van der Waals surface area (Å²) in [7, 11) is 1.51. The summed E-state index contributed by atoms with van der Waals surface area (Å²) in [4.78, 5) is 45.6. The molecule has 3 N–H and O–H groups in total. The van der Waals surface area contributed by atoms with Crippen LogP contribution in [0.4, 0.5) is 10.5 Å². The molecule has 4 rings (SSSR count). The molecule has 160 valence electrons. The van der Waals surface area contributed by atoms with E-state index in [2.05, 4.69) is 20.6 Å². The summed E-state index contributed by atoms with van der Waals surface area (Å²) in [5.74, 6) is -0.111. The molecular formula is C22H23N5O4. The number of para-hydroxylation sites is 1. The Hall–Kier alpha value is -3.88. The van der Waals surface area contributed by atoms with E-state index in [1.165, 1.54) is 18.2 Å². The van der Waals surface area contributed by atoms with Crippen LogP contribution in [0.5, 0.6) is 5.88 Å². The van der Waals surface area contributed by atoms with Crippen molar-refractivity contribution in [1.82, 2.24) is 20.2 Å². The maximum absolute atomic E-state index is 12.7. The first kappa shape index (κ1) is 20.4. The Labute approximate surface area is 178 Å². The van der Waals surface area contributed by atoms with E-state index in [9.17, 15) is 14.4 Å². The second-order valence-electron chi connectivity index (χ2n) is 7.28. The highest BCUT2D eigenvalue weighted by molar-refractivity contribution is 6.04. The molecule has 1 unspecified atom stereocenters. The molecule has 1 fully saturated rings. The van der Waals surface area contributed by atoms with Gasteiger partial charge in [0.15, 0.2) is 0 Å². The standard InChI is InChI=1S/C22H23N5O4/c1-31-20-9-6-15(13-24-20)25-19(28)8-7-18-21(29)27(22(30)26-18)11-10-14-12-23-17-5-3-2-4-16(14)17/h2-6,9,12-13,18,23H,7-8,10-11H2,1H3,(H,25,28)(H,26,30). The first-order valence-corrected chi connectivity index (χ1v) is 10.0. The van der Waals surface area contributed by atoms with Crippen LogP contribution < -0.4 is 15.4 Å². The van der Waals surface area contributed by atoms with Crippen LogP contribution in [0.3, 0.4) is 0 Å². The number of carbonyl (C=O) groups excluding carboxylic acids is 3. The van der Waals surface area contributed by atoms with Gasteiger partial charge in [-0.2, -0.15) is 0 Å². The predicted octanol–water partition coefficient (Wildman–Crippen LogP) is 2.45. The van der Waals surface area contributed by atoms with Crippen LogP contribution in [0.2, 0.25) is 0 Å². The molecule has 1 atom stereocenters. The first-order valence-electron chi connectivity index (χ1n) is 10.0. The minimum absolute atomic E-state index is 0.0962. The van der Waals surface area contributed by atoms with Gasteiger partial charge < -0.3 is 20.4 Å². The Balaban J connectivity index is 1.29. The third-order valence-corrected chi connectivity index (χ3v) is 5.28. The SMILES string of the molecule is COc1ccc(NC(=O)CCC2NC(=O)N(CCc3c[nH]c4ccccc34)C2=O)cn1. The molecule has 2 aromatic heterocycles. The number of imide groups is 1. The van der Waals surface area contributed by atoms with Gasteiger partial charge >= 0.3 is 6.03 Å². The zero-order chi connectivity index (χ0) is 21.8. The van der Waals surface area contributed by atoms with E-state index in [-0.39, 0.29) is 31.2 Å². The van der Waals surface area contributed by atoms with E-state index in [1.807, 2.05) is 30.5 Å². The number of aromatic nitrogens is 2. The van der Waals surface area contributed by atoms with Gasteiger partial charge in [-0.15, -0.1) is 0 Å². The molecule has 3 aromatic rings. The highest BCUT2D eigenvalue weighted by Crippen LogP contribution is 2.20. The summed E-state index contributed by atoms with van der Waals surface area (Å²) in [6.07, 6.45) is 4.27. The molecule has 1 aliphatic rings. The molecular weight excluding hydrogens is 398 g/mol. The maximum Gasteiger partial charge on any atom is 0.324 e. The quantitative estimate of drug-likeness (QED) is 0.483. The highest BCUT2D eigenvalue weighted by Gasteiger charge is 2.37. The van der Waals surface area contributed by atoms with Crippen molar-refractivity contribution in [2.24, 2.45) is 0 Å². The number of nitrogens with zero attached hydrogens (tertiary/aromatic N) is 2. The number of methoxy groups -OCH3 is 1. The second-order valence-corrected chi connectivity index (χ2v) is 7.28. The van der Waals surface area contributed by atoms with Crippen LogP contribution in [0, 0.1) is 0 Å². The molecule has 9 heteroatoms. The number of anilines is 1. The Bertz CT molecular complexity index is 1110. The van der Waals surface area contributed by atoms with Crippen molar-refractivity contribution in [3.63, 3.8) is 0 Å². The number of fused-ring (bicyclic) bond motifs is 1. The fourth-order valence-corrected chi connectivity index (χ4v) is 3.63. The van der Waals surface area contributed by atoms with Crippen molar-refractivity contribution in [2.75, 3.05) is 19.0 Å². The molecule has 3 heterocycles. The number of aromatic amines is 1. The van der Waals surface area contributed by atoms with Crippen LogP contribution in [0.15, 0.2) is 48.8 Å². The number of urea groups is 1. The molecule has 1 aromatic carbocycles. The molecule has 0 saturated carbocycles. The van der Waals surface area contributed by atoms with Crippen LogP contribution >= 0.6 is 0 Å². The van der Waals surface area contributed by atoms with Crippen LogP contribution in [-0.2, 0) is 16.0 Å². The van der Waals surface area contributed by atoms with E-state index < -0.39 is 12.1 Å². The normalized spacial score (nSPS) is 15.9. The van der Waals surface area contributed by atoms with Gasteiger partial charge in [0.05, 0.1) is 19.0 Å². The number of carbonyl (C=O) groups is 3. The molecule has 1 aliphatic heterocycles. The van der Waals surface area contributed by atoms with Gasteiger partial charge in [0.2, 0.25) is 11.8 Å². The summed E-state index contributed by atoms with van der Waals surface area (Å²) in [5.41, 5.74) is 2.60. The largest absolute Gasteiger partial charge is 0.481 e. The van der Waals surface area contributed by atoms with Crippen LogP contribution in [0.1, 0.15) is 18.4 Å². The molecule has 31 heavy (non-hydrogen) atoms. The van der Waals surface area contributed by atoms with E-state index in [1.54, 1.807) is 12.1 Å². The third-order valence-electron chi connectivity index (χ3n) is 5.28. The smallest absolute Gasteiger partial charge is 0.324 e. The number of benzene rings is 1. The highest BCUT2D eigenvalue weighted by atomic mass is 16.5. The predicted molar refractivity (Wildman–Crippen MR) is 115 cm³/mol. The van der Waals surface area contributed by atoms with Crippen molar-refractivity contribution in [2.45, 2.75) is 25.3 Å². The Kier molecular flexibility index (Phi) is 5.83. The Morgan fingerprint density at radius 2 is 2.06 bits per heavy atom. The number of hydrogen-bond donors (Lipinski definition) is 3. The molecule has 1 saturated heterocycles. The molecule has 4 amide bonds. The molecule has 0 aliphatic carbocycles. The average molecular weight is 421 g/mol. The monoisotopic (exact) mass is 421 g/mol. The lowest BCUT2D eigenvalue weighted by atomic mass is 10.1. The van der Waals surface area contributed by atoms with Gasteiger partial charge in [-0.3, -0.25) is 14.5 Å². The van der Waals surface area contributed by atoms with Gasteiger partial charge in [0, 0.05) is 36.1 Å². The van der Waals surface area contributed by atoms with Gasteiger partial charge in [-0.25, -0.2) is 9.78 Å². The summed E-state index contributed by atoms with van der Waals surface area (Å²) < 4.78 is 4.98. The third kappa shape index (κ3) is 4.50. The van der Waals surface area contributed by atoms with E-state index in [4.69, 9.17) is 4.74 Å². The molecule has 0 bridgehead atoms. The van der Waals surface area contributed by atoms with Gasteiger partial charge in [-0.05, 0) is 30.5 Å². The van der Waals surface area contributed by atoms with E-state index >= 15 is 0 Å². The number of amides is 4.